The molecule has 0 fully saturated rings. The van der Waals surface area contributed by atoms with Crippen LogP contribution < -0.4 is 10.5 Å². The van der Waals surface area contributed by atoms with E-state index in [1.165, 1.54) is 0 Å². The van der Waals surface area contributed by atoms with Crippen LogP contribution in [0.4, 0.5) is 0 Å². The van der Waals surface area contributed by atoms with Gasteiger partial charge in [-0.15, -0.1) is 0 Å². The number of halogens is 1. The minimum atomic E-state index is 0.445. The van der Waals surface area contributed by atoms with Crippen LogP contribution in [-0.2, 0) is 13.2 Å². The molecular weight excluding hydrogens is 322 g/mol. The molecular formula is C19H24ClN3O. The molecule has 128 valence electrons. The molecule has 0 amide bonds. The number of para-hydroxylation sites is 1. The fourth-order valence-electron chi connectivity index (χ4n) is 2.38. The maximum absolute atomic E-state index is 6.13. The lowest BCUT2D eigenvalue weighted by atomic mass is 10.1. The fourth-order valence-corrected chi connectivity index (χ4v) is 2.57. The monoisotopic (exact) mass is 345 g/mol. The van der Waals surface area contributed by atoms with Crippen molar-refractivity contribution in [1.82, 2.24) is 4.90 Å². The highest BCUT2D eigenvalue weighted by atomic mass is 35.5. The molecule has 0 saturated heterocycles. The molecule has 0 spiro atoms. The maximum Gasteiger partial charge on any atom is 0.191 e. The molecule has 2 N–H and O–H groups in total. The topological polar surface area (TPSA) is 50.8 Å². The van der Waals surface area contributed by atoms with Gasteiger partial charge in [-0.2, -0.15) is 0 Å². The lowest BCUT2D eigenvalue weighted by molar-refractivity contribution is 0.305. The van der Waals surface area contributed by atoms with E-state index in [-0.39, 0.29) is 0 Å². The van der Waals surface area contributed by atoms with E-state index in [9.17, 15) is 0 Å². The van der Waals surface area contributed by atoms with Crippen molar-refractivity contribution < 1.29 is 4.74 Å². The number of hydrogen-bond acceptors (Lipinski definition) is 2. The molecule has 0 bridgehead atoms. The summed E-state index contributed by atoms with van der Waals surface area (Å²) in [7, 11) is 0. The number of rotatable bonds is 7. The Morgan fingerprint density at radius 3 is 2.33 bits per heavy atom. The normalized spacial score (nSPS) is 11.4. The average Bonchev–Trinajstić information content (AvgIpc) is 2.61. The van der Waals surface area contributed by atoms with Gasteiger partial charge >= 0.3 is 0 Å². The van der Waals surface area contributed by atoms with E-state index in [0.717, 1.165) is 24.2 Å². The Morgan fingerprint density at radius 2 is 1.67 bits per heavy atom. The number of hydrogen-bond donors (Lipinski definition) is 1. The molecule has 0 radical (unpaired) electrons. The molecule has 0 aliphatic rings. The number of aliphatic imine (C=N–C) groups is 1. The highest BCUT2D eigenvalue weighted by Gasteiger charge is 2.06. The molecule has 0 saturated carbocycles. The van der Waals surface area contributed by atoms with Gasteiger partial charge in [0.2, 0.25) is 0 Å². The van der Waals surface area contributed by atoms with Crippen LogP contribution in [0.15, 0.2) is 53.5 Å². The van der Waals surface area contributed by atoms with Crippen molar-refractivity contribution in [3.8, 4) is 5.75 Å². The average molecular weight is 346 g/mol. The molecule has 2 rings (SSSR count). The van der Waals surface area contributed by atoms with Crippen molar-refractivity contribution >= 4 is 17.6 Å². The first-order valence-corrected chi connectivity index (χ1v) is 8.52. The SMILES string of the molecule is CCN(CC)C(N)=NCc1ccccc1COc1ccccc1Cl. The summed E-state index contributed by atoms with van der Waals surface area (Å²) in [5.74, 6) is 1.25. The van der Waals surface area contributed by atoms with Crippen molar-refractivity contribution in [2.24, 2.45) is 10.7 Å². The minimum Gasteiger partial charge on any atom is -0.487 e. The zero-order valence-electron chi connectivity index (χ0n) is 14.2. The maximum atomic E-state index is 6.13. The summed E-state index contributed by atoms with van der Waals surface area (Å²) in [6.45, 7) is 6.81. The number of guanidine groups is 1. The minimum absolute atomic E-state index is 0.445. The van der Waals surface area contributed by atoms with Crippen LogP contribution >= 0.6 is 11.6 Å². The van der Waals surface area contributed by atoms with Gasteiger partial charge in [0.15, 0.2) is 5.96 Å². The number of ether oxygens (including phenoxy) is 1. The van der Waals surface area contributed by atoms with Crippen molar-refractivity contribution in [1.29, 1.82) is 0 Å². The number of benzene rings is 2. The van der Waals surface area contributed by atoms with Gasteiger partial charge in [0, 0.05) is 13.1 Å². The zero-order chi connectivity index (χ0) is 17.4. The summed E-state index contributed by atoms with van der Waals surface area (Å²) < 4.78 is 5.84. The van der Waals surface area contributed by atoms with E-state index in [1.807, 2.05) is 53.4 Å². The Kier molecular flexibility index (Phi) is 6.94. The van der Waals surface area contributed by atoms with Gasteiger partial charge in [-0.25, -0.2) is 4.99 Å². The van der Waals surface area contributed by atoms with E-state index in [2.05, 4.69) is 18.8 Å². The van der Waals surface area contributed by atoms with Gasteiger partial charge in [0.25, 0.3) is 0 Å². The Balaban J connectivity index is 2.07. The molecule has 0 unspecified atom stereocenters. The van der Waals surface area contributed by atoms with Crippen LogP contribution in [0.1, 0.15) is 25.0 Å². The predicted molar refractivity (Wildman–Crippen MR) is 100 cm³/mol. The molecule has 0 aliphatic heterocycles. The van der Waals surface area contributed by atoms with Crippen LogP contribution in [0.5, 0.6) is 5.75 Å². The standard InChI is InChI=1S/C19H24ClN3O/c1-3-23(4-2)19(21)22-13-15-9-5-6-10-16(15)14-24-18-12-8-7-11-17(18)20/h5-12H,3-4,13-14H2,1-2H3,(H2,21,22). The van der Waals surface area contributed by atoms with Crippen molar-refractivity contribution in [2.45, 2.75) is 27.0 Å². The van der Waals surface area contributed by atoms with Crippen LogP contribution in [0.25, 0.3) is 0 Å². The van der Waals surface area contributed by atoms with Crippen molar-refractivity contribution in [3.63, 3.8) is 0 Å². The third-order valence-corrected chi connectivity index (χ3v) is 4.15. The third kappa shape index (κ3) is 4.90. The predicted octanol–water partition coefficient (Wildman–Crippen LogP) is 4.08. The Hall–Kier alpha value is -2.20. The first kappa shape index (κ1) is 18.1. The van der Waals surface area contributed by atoms with Gasteiger partial charge in [0.1, 0.15) is 12.4 Å². The first-order chi connectivity index (χ1) is 11.7. The third-order valence-electron chi connectivity index (χ3n) is 3.84. The second-order valence-corrected chi connectivity index (χ2v) is 5.74. The molecule has 0 heterocycles. The first-order valence-electron chi connectivity index (χ1n) is 8.14. The number of nitrogens with zero attached hydrogens (tertiary/aromatic N) is 2. The van der Waals surface area contributed by atoms with E-state index >= 15 is 0 Å². The lowest BCUT2D eigenvalue weighted by Gasteiger charge is -2.19. The molecule has 0 atom stereocenters. The van der Waals surface area contributed by atoms with Crippen LogP contribution in [0.3, 0.4) is 0 Å². The Morgan fingerprint density at radius 1 is 1.04 bits per heavy atom. The van der Waals surface area contributed by atoms with E-state index in [4.69, 9.17) is 22.1 Å². The van der Waals surface area contributed by atoms with E-state index < -0.39 is 0 Å². The molecule has 24 heavy (non-hydrogen) atoms. The largest absolute Gasteiger partial charge is 0.487 e. The number of nitrogens with two attached hydrogens (primary N) is 1. The summed E-state index contributed by atoms with van der Waals surface area (Å²) in [5, 5.41) is 0.610. The molecule has 2 aromatic carbocycles. The van der Waals surface area contributed by atoms with Gasteiger partial charge in [-0.05, 0) is 37.1 Å². The Labute approximate surface area is 148 Å². The molecule has 0 aromatic heterocycles. The Bertz CT molecular complexity index is 684. The smallest absolute Gasteiger partial charge is 0.191 e. The molecule has 0 aliphatic carbocycles. The summed E-state index contributed by atoms with van der Waals surface area (Å²) >= 11 is 6.13. The van der Waals surface area contributed by atoms with Crippen molar-refractivity contribution in [2.75, 3.05) is 13.1 Å². The fraction of sp³-hybridized carbons (Fsp3) is 0.316. The van der Waals surface area contributed by atoms with Crippen LogP contribution in [0.2, 0.25) is 5.02 Å². The molecule has 5 heteroatoms. The summed E-state index contributed by atoms with van der Waals surface area (Å²) in [4.78, 5) is 6.54. The summed E-state index contributed by atoms with van der Waals surface area (Å²) in [5.41, 5.74) is 8.22. The van der Waals surface area contributed by atoms with Gasteiger partial charge in [-0.3, -0.25) is 0 Å². The van der Waals surface area contributed by atoms with E-state index in [0.29, 0.717) is 29.9 Å². The molecule has 2 aromatic rings. The summed E-state index contributed by atoms with van der Waals surface area (Å²) in [6, 6.07) is 15.5. The summed E-state index contributed by atoms with van der Waals surface area (Å²) in [6.07, 6.45) is 0. The lowest BCUT2D eigenvalue weighted by Crippen LogP contribution is -2.37. The quantitative estimate of drug-likeness (QED) is 0.607. The zero-order valence-corrected chi connectivity index (χ0v) is 15.0. The second-order valence-electron chi connectivity index (χ2n) is 5.33. The highest BCUT2D eigenvalue weighted by molar-refractivity contribution is 6.32. The molecule has 4 nitrogen and oxygen atoms in total. The van der Waals surface area contributed by atoms with Gasteiger partial charge in [0.05, 0.1) is 11.6 Å². The highest BCUT2D eigenvalue weighted by Crippen LogP contribution is 2.24. The van der Waals surface area contributed by atoms with Gasteiger partial charge in [-0.1, -0.05) is 48.0 Å². The van der Waals surface area contributed by atoms with Crippen LogP contribution in [-0.4, -0.2) is 23.9 Å². The van der Waals surface area contributed by atoms with E-state index in [1.54, 1.807) is 0 Å². The van der Waals surface area contributed by atoms with Gasteiger partial charge < -0.3 is 15.4 Å². The van der Waals surface area contributed by atoms with Crippen LogP contribution in [0, 0.1) is 0 Å². The second kappa shape index (κ2) is 9.18. The van der Waals surface area contributed by atoms with Crippen molar-refractivity contribution in [3.05, 3.63) is 64.7 Å².